The van der Waals surface area contributed by atoms with Crippen LogP contribution < -0.4 is 5.56 Å². The summed E-state index contributed by atoms with van der Waals surface area (Å²) in [5.41, 5.74) is -0.175. The zero-order valence-corrected chi connectivity index (χ0v) is 18.8. The van der Waals surface area contributed by atoms with Crippen LogP contribution in [0.3, 0.4) is 0 Å². The van der Waals surface area contributed by atoms with Crippen molar-refractivity contribution in [1.29, 1.82) is 0 Å². The molecule has 1 aliphatic rings. The Hall–Kier alpha value is -2.50. The van der Waals surface area contributed by atoms with Crippen LogP contribution >= 0.6 is 23.2 Å². The molecule has 0 bridgehead atoms. The van der Waals surface area contributed by atoms with Gasteiger partial charge in [-0.1, -0.05) is 23.2 Å². The number of H-pyrrole nitrogens is 1. The number of ether oxygens (including phenoxy) is 2. The highest BCUT2D eigenvalue weighted by Gasteiger charge is 2.28. The molecule has 32 heavy (non-hydrogen) atoms. The van der Waals surface area contributed by atoms with Gasteiger partial charge in [0, 0.05) is 18.1 Å². The molecule has 168 valence electrons. The number of benzene rings is 2. The minimum atomic E-state index is -3.82. The molecule has 9 nitrogen and oxygen atoms in total. The molecule has 1 aliphatic heterocycles. The van der Waals surface area contributed by atoms with E-state index in [0.29, 0.717) is 29.1 Å². The summed E-state index contributed by atoms with van der Waals surface area (Å²) in [6.45, 7) is 0.673. The molecular formula is C20H17Cl2N3O6S. The molecule has 0 aliphatic carbocycles. The second-order valence-electron chi connectivity index (χ2n) is 6.91. The second-order valence-corrected chi connectivity index (χ2v) is 9.69. The predicted molar refractivity (Wildman–Crippen MR) is 118 cm³/mol. The van der Waals surface area contributed by atoms with Gasteiger partial charge in [-0.25, -0.2) is 18.2 Å². The molecule has 1 N–H and O–H groups in total. The van der Waals surface area contributed by atoms with Gasteiger partial charge in [-0.3, -0.25) is 4.79 Å². The maximum absolute atomic E-state index is 12.9. The number of esters is 1. The average Bonchev–Trinajstić information content (AvgIpc) is 2.78. The zero-order valence-electron chi connectivity index (χ0n) is 16.5. The van der Waals surface area contributed by atoms with E-state index >= 15 is 0 Å². The van der Waals surface area contributed by atoms with Gasteiger partial charge in [-0.2, -0.15) is 4.31 Å². The largest absolute Gasteiger partial charge is 0.454 e. The van der Waals surface area contributed by atoms with Crippen LogP contribution in [-0.4, -0.2) is 55.0 Å². The lowest BCUT2D eigenvalue weighted by molar-refractivity contribution is 0.0462. The third-order valence-corrected chi connectivity index (χ3v) is 7.28. The van der Waals surface area contributed by atoms with Gasteiger partial charge in [0.1, 0.15) is 12.4 Å². The number of carbonyl (C=O) groups excluding carboxylic acids is 1. The van der Waals surface area contributed by atoms with E-state index in [1.165, 1.54) is 28.6 Å². The molecule has 0 amide bonds. The Bertz CT molecular complexity index is 1350. The summed E-state index contributed by atoms with van der Waals surface area (Å²) in [4.78, 5) is 31.5. The smallest absolute Gasteiger partial charge is 0.340 e. The number of halogens is 2. The fourth-order valence-electron chi connectivity index (χ4n) is 3.20. The Morgan fingerprint density at radius 1 is 1.16 bits per heavy atom. The van der Waals surface area contributed by atoms with E-state index in [9.17, 15) is 18.0 Å². The van der Waals surface area contributed by atoms with Crippen LogP contribution in [0.5, 0.6) is 0 Å². The first-order valence-corrected chi connectivity index (χ1v) is 11.7. The molecule has 2 heterocycles. The first-order chi connectivity index (χ1) is 15.3. The number of hydrogen-bond acceptors (Lipinski definition) is 7. The Morgan fingerprint density at radius 3 is 2.66 bits per heavy atom. The first kappa shape index (κ1) is 22.7. The van der Waals surface area contributed by atoms with Crippen molar-refractivity contribution >= 4 is 50.1 Å². The van der Waals surface area contributed by atoms with Crippen molar-refractivity contribution in [2.24, 2.45) is 0 Å². The van der Waals surface area contributed by atoms with Crippen LogP contribution in [0.25, 0.3) is 10.9 Å². The van der Waals surface area contributed by atoms with Crippen molar-refractivity contribution in [2.45, 2.75) is 11.5 Å². The quantitative estimate of drug-likeness (QED) is 0.538. The summed E-state index contributed by atoms with van der Waals surface area (Å²) in [5.74, 6) is -0.755. The molecule has 1 aromatic heterocycles. The number of fused-ring (bicyclic) bond motifs is 1. The maximum atomic E-state index is 12.9. The third kappa shape index (κ3) is 4.64. The van der Waals surface area contributed by atoms with Gasteiger partial charge < -0.3 is 14.5 Å². The van der Waals surface area contributed by atoms with Gasteiger partial charge in [0.15, 0.2) is 0 Å². The normalized spacial score (nSPS) is 15.1. The van der Waals surface area contributed by atoms with Crippen molar-refractivity contribution in [3.8, 4) is 0 Å². The summed E-state index contributed by atoms with van der Waals surface area (Å²) in [6, 6.07) is 8.46. The lowest BCUT2D eigenvalue weighted by Crippen LogP contribution is -2.40. The number of carbonyl (C=O) groups is 1. The summed E-state index contributed by atoms with van der Waals surface area (Å²) < 4.78 is 37.4. The predicted octanol–water partition coefficient (Wildman–Crippen LogP) is 2.61. The lowest BCUT2D eigenvalue weighted by Gasteiger charge is -2.26. The Morgan fingerprint density at radius 2 is 1.91 bits per heavy atom. The van der Waals surface area contributed by atoms with Crippen molar-refractivity contribution in [2.75, 3.05) is 26.3 Å². The number of morpholine rings is 1. The molecule has 0 unspecified atom stereocenters. The minimum Gasteiger partial charge on any atom is -0.454 e. The zero-order chi connectivity index (χ0) is 22.9. The molecule has 1 fully saturated rings. The van der Waals surface area contributed by atoms with E-state index in [1.807, 2.05) is 0 Å². The maximum Gasteiger partial charge on any atom is 0.340 e. The van der Waals surface area contributed by atoms with Crippen LogP contribution in [0.2, 0.25) is 10.0 Å². The van der Waals surface area contributed by atoms with E-state index in [-0.39, 0.29) is 41.0 Å². The van der Waals surface area contributed by atoms with Gasteiger partial charge in [0.2, 0.25) is 10.0 Å². The number of sulfonamides is 1. The Labute approximate surface area is 192 Å². The number of nitrogens with one attached hydrogen (secondary N) is 1. The second kappa shape index (κ2) is 9.16. The van der Waals surface area contributed by atoms with Crippen molar-refractivity contribution < 1.29 is 22.7 Å². The molecule has 4 rings (SSSR count). The van der Waals surface area contributed by atoms with E-state index in [4.69, 9.17) is 32.7 Å². The van der Waals surface area contributed by atoms with E-state index in [1.54, 1.807) is 12.1 Å². The van der Waals surface area contributed by atoms with Crippen LogP contribution in [0.15, 0.2) is 46.1 Å². The molecule has 1 saturated heterocycles. The summed E-state index contributed by atoms with van der Waals surface area (Å²) in [7, 11) is -3.82. The van der Waals surface area contributed by atoms with E-state index < -0.39 is 21.6 Å². The van der Waals surface area contributed by atoms with Gasteiger partial charge in [0.25, 0.3) is 5.56 Å². The van der Waals surface area contributed by atoms with Crippen LogP contribution in [-0.2, 0) is 26.1 Å². The number of aromatic amines is 1. The summed E-state index contributed by atoms with van der Waals surface area (Å²) in [6.07, 6.45) is 0. The monoisotopic (exact) mass is 497 g/mol. The van der Waals surface area contributed by atoms with Crippen LogP contribution in [0.4, 0.5) is 0 Å². The van der Waals surface area contributed by atoms with Gasteiger partial charge in [-0.05, 0) is 36.4 Å². The Kier molecular flexibility index (Phi) is 6.50. The average molecular weight is 498 g/mol. The first-order valence-electron chi connectivity index (χ1n) is 9.49. The van der Waals surface area contributed by atoms with Crippen molar-refractivity contribution in [1.82, 2.24) is 14.3 Å². The number of aromatic nitrogens is 2. The van der Waals surface area contributed by atoms with Gasteiger partial charge in [0.05, 0.1) is 39.6 Å². The van der Waals surface area contributed by atoms with E-state index in [0.717, 1.165) is 0 Å². The molecule has 0 saturated carbocycles. The molecular weight excluding hydrogens is 481 g/mol. The highest BCUT2D eigenvalue weighted by Crippen LogP contribution is 2.24. The molecule has 0 spiro atoms. The standard InChI is InChI=1S/C20H17Cl2N3O6S/c21-12-1-3-14-17(9-12)23-18(24-19(14)26)11-31-20(27)15-10-13(2-4-16(15)22)32(28,29)25-5-7-30-8-6-25/h1-4,9-10H,5-8,11H2,(H,23,24,26). The topological polar surface area (TPSA) is 119 Å². The van der Waals surface area contributed by atoms with Gasteiger partial charge >= 0.3 is 5.97 Å². The number of nitrogens with zero attached hydrogens (tertiary/aromatic N) is 2. The van der Waals surface area contributed by atoms with Gasteiger partial charge in [-0.15, -0.1) is 0 Å². The summed E-state index contributed by atoms with van der Waals surface area (Å²) in [5, 5.41) is 0.778. The molecule has 2 aromatic carbocycles. The molecule has 0 radical (unpaired) electrons. The lowest BCUT2D eigenvalue weighted by atomic mass is 10.2. The number of rotatable bonds is 5. The van der Waals surface area contributed by atoms with E-state index in [2.05, 4.69) is 9.97 Å². The number of hydrogen-bond donors (Lipinski definition) is 1. The third-order valence-electron chi connectivity index (χ3n) is 4.82. The fraction of sp³-hybridized carbons (Fsp3) is 0.250. The highest BCUT2D eigenvalue weighted by molar-refractivity contribution is 7.89. The SMILES string of the molecule is O=C(OCc1nc2cc(Cl)ccc2c(=O)[nH]1)c1cc(S(=O)(=O)N2CCOCC2)ccc1Cl. The minimum absolute atomic E-state index is 0.0303. The Balaban J connectivity index is 1.55. The molecule has 0 atom stereocenters. The molecule has 3 aromatic rings. The molecule has 12 heteroatoms. The van der Waals surface area contributed by atoms with Crippen LogP contribution in [0, 0.1) is 0 Å². The van der Waals surface area contributed by atoms with Crippen molar-refractivity contribution in [3.63, 3.8) is 0 Å². The fourth-order valence-corrected chi connectivity index (χ4v) is 4.99. The summed E-state index contributed by atoms with van der Waals surface area (Å²) >= 11 is 12.1. The van der Waals surface area contributed by atoms with Crippen LogP contribution in [0.1, 0.15) is 16.2 Å². The highest BCUT2D eigenvalue weighted by atomic mass is 35.5. The van der Waals surface area contributed by atoms with Crippen molar-refractivity contribution in [3.05, 3.63) is 68.2 Å².